The number of nitrogens with one attached hydrogen (secondary N) is 3. The van der Waals surface area contributed by atoms with Gasteiger partial charge in [0, 0.05) is 5.56 Å². The topological polar surface area (TPSA) is 113 Å². The molecule has 0 aromatic heterocycles. The van der Waals surface area contributed by atoms with E-state index >= 15 is 0 Å². The molecule has 10 heteroatoms. The lowest BCUT2D eigenvalue weighted by Crippen LogP contribution is -2.43. The number of carbonyl (C=O) groups is 1. The molecule has 7 nitrogen and oxygen atoms in total. The van der Waals surface area contributed by atoms with Crippen molar-refractivity contribution in [2.75, 3.05) is 5.32 Å². The van der Waals surface area contributed by atoms with Crippen LogP contribution in [0.1, 0.15) is 10.4 Å². The molecule has 24 heavy (non-hydrogen) atoms. The Morgan fingerprint density at radius 1 is 1.04 bits per heavy atom. The predicted octanol–water partition coefficient (Wildman–Crippen LogP) is 1.10. The first kappa shape index (κ1) is 17.8. The van der Waals surface area contributed by atoms with Gasteiger partial charge in [-0.3, -0.25) is 15.6 Å². The van der Waals surface area contributed by atoms with Crippen LogP contribution in [0.4, 0.5) is 10.1 Å². The summed E-state index contributed by atoms with van der Waals surface area (Å²) in [6.07, 6.45) is 0. The fourth-order valence-electron chi connectivity index (χ4n) is 1.70. The first-order valence-electron chi connectivity index (χ1n) is 6.52. The summed E-state index contributed by atoms with van der Waals surface area (Å²) >= 11 is 4.93. The highest BCUT2D eigenvalue weighted by Gasteiger charge is 2.10. The van der Waals surface area contributed by atoms with Crippen molar-refractivity contribution in [3.8, 4) is 0 Å². The van der Waals surface area contributed by atoms with Crippen LogP contribution in [0.15, 0.2) is 53.4 Å². The van der Waals surface area contributed by atoms with Crippen molar-refractivity contribution in [1.82, 2.24) is 10.9 Å². The van der Waals surface area contributed by atoms with Gasteiger partial charge < -0.3 is 5.32 Å². The zero-order valence-electron chi connectivity index (χ0n) is 12.1. The zero-order valence-corrected chi connectivity index (χ0v) is 13.7. The van der Waals surface area contributed by atoms with Crippen molar-refractivity contribution in [2.24, 2.45) is 5.14 Å². The molecule has 0 unspecified atom stereocenters. The summed E-state index contributed by atoms with van der Waals surface area (Å²) in [4.78, 5) is 11.8. The highest BCUT2D eigenvalue weighted by molar-refractivity contribution is 7.89. The van der Waals surface area contributed by atoms with Crippen molar-refractivity contribution >= 4 is 38.9 Å². The van der Waals surface area contributed by atoms with Gasteiger partial charge in [0.1, 0.15) is 5.82 Å². The summed E-state index contributed by atoms with van der Waals surface area (Å²) in [5, 5.41) is 7.53. The summed E-state index contributed by atoms with van der Waals surface area (Å²) in [5.41, 5.74) is 5.05. The molecular formula is C14H13FN4O3S2. The molecule has 0 spiro atoms. The average Bonchev–Trinajstić information content (AvgIpc) is 2.54. The first-order chi connectivity index (χ1) is 11.3. The Labute approximate surface area is 143 Å². The maximum atomic E-state index is 13.5. The number of hydrogen-bond acceptors (Lipinski definition) is 4. The van der Waals surface area contributed by atoms with Gasteiger partial charge in [-0.15, -0.1) is 0 Å². The van der Waals surface area contributed by atoms with Crippen molar-refractivity contribution in [3.05, 3.63) is 59.9 Å². The summed E-state index contributed by atoms with van der Waals surface area (Å²) in [7, 11) is -3.82. The van der Waals surface area contributed by atoms with E-state index in [0.29, 0.717) is 0 Å². The Bertz CT molecular complexity index is 870. The molecule has 1 amide bonds. The van der Waals surface area contributed by atoms with Crippen molar-refractivity contribution in [1.29, 1.82) is 0 Å². The monoisotopic (exact) mass is 368 g/mol. The van der Waals surface area contributed by atoms with Crippen molar-refractivity contribution in [3.63, 3.8) is 0 Å². The first-order valence-corrected chi connectivity index (χ1v) is 8.47. The number of thiocarbonyl (C=S) groups is 1. The van der Waals surface area contributed by atoms with Crippen molar-refractivity contribution < 1.29 is 17.6 Å². The van der Waals surface area contributed by atoms with Gasteiger partial charge in [-0.05, 0) is 48.6 Å². The summed E-state index contributed by atoms with van der Waals surface area (Å²) in [6, 6.07) is 10.9. The Morgan fingerprint density at radius 3 is 2.25 bits per heavy atom. The van der Waals surface area contributed by atoms with E-state index in [2.05, 4.69) is 16.2 Å². The smallest absolute Gasteiger partial charge is 0.269 e. The van der Waals surface area contributed by atoms with Gasteiger partial charge in [0.05, 0.1) is 10.6 Å². The largest absolute Gasteiger partial charge is 0.329 e. The molecule has 0 aliphatic rings. The number of halogens is 1. The number of benzene rings is 2. The third-order valence-corrected chi connectivity index (χ3v) is 3.99. The van der Waals surface area contributed by atoms with Crippen LogP contribution in [-0.4, -0.2) is 19.4 Å². The summed E-state index contributed by atoms with van der Waals surface area (Å²) < 4.78 is 35.7. The number of carbonyl (C=O) groups excluding carboxylic acids is 1. The Morgan fingerprint density at radius 2 is 1.67 bits per heavy atom. The number of hydrogen-bond donors (Lipinski definition) is 4. The Hall–Kier alpha value is -2.56. The van der Waals surface area contributed by atoms with Crippen LogP contribution in [0.25, 0.3) is 0 Å². The molecule has 0 aliphatic carbocycles. The highest BCUT2D eigenvalue weighted by Crippen LogP contribution is 2.12. The fourth-order valence-corrected chi connectivity index (χ4v) is 2.37. The number of nitrogens with two attached hydrogens (primary N) is 1. The molecule has 0 aliphatic heterocycles. The third kappa shape index (κ3) is 4.72. The van der Waals surface area contributed by atoms with Crippen LogP contribution < -0.4 is 21.3 Å². The number of anilines is 1. The minimum atomic E-state index is -3.82. The number of para-hydroxylation sites is 1. The molecule has 0 radical (unpaired) electrons. The molecular weight excluding hydrogens is 355 g/mol. The molecule has 2 aromatic rings. The number of rotatable bonds is 3. The van der Waals surface area contributed by atoms with Crippen LogP contribution in [0.5, 0.6) is 0 Å². The van der Waals surface area contributed by atoms with Gasteiger partial charge in [-0.1, -0.05) is 12.1 Å². The minimum Gasteiger partial charge on any atom is -0.329 e. The SMILES string of the molecule is NS(=O)(=O)c1ccc(C(=O)NNC(=S)Nc2ccccc2F)cc1. The second-order valence-corrected chi connectivity index (χ2v) is 6.55. The highest BCUT2D eigenvalue weighted by atomic mass is 32.2. The maximum Gasteiger partial charge on any atom is 0.269 e. The second kappa shape index (κ2) is 7.34. The lowest BCUT2D eigenvalue weighted by molar-refractivity contribution is 0.0944. The van der Waals surface area contributed by atoms with Crippen molar-refractivity contribution in [2.45, 2.75) is 4.90 Å². The van der Waals surface area contributed by atoms with Crippen LogP contribution in [-0.2, 0) is 10.0 Å². The molecule has 0 saturated carbocycles. The molecule has 126 valence electrons. The average molecular weight is 368 g/mol. The van der Waals surface area contributed by atoms with Gasteiger partial charge in [0.15, 0.2) is 5.11 Å². The second-order valence-electron chi connectivity index (χ2n) is 4.58. The number of primary sulfonamides is 1. The summed E-state index contributed by atoms with van der Waals surface area (Å²) in [5.74, 6) is -1.06. The molecule has 5 N–H and O–H groups in total. The van der Waals surface area contributed by atoms with Crippen LogP contribution in [0.2, 0.25) is 0 Å². The van der Waals surface area contributed by atoms with E-state index in [4.69, 9.17) is 17.4 Å². The van der Waals surface area contributed by atoms with E-state index in [0.717, 1.165) is 0 Å². The predicted molar refractivity (Wildman–Crippen MR) is 91.0 cm³/mol. The quantitative estimate of drug-likeness (QED) is 0.477. The molecule has 0 saturated heterocycles. The van der Waals surface area contributed by atoms with Gasteiger partial charge in [-0.25, -0.2) is 17.9 Å². The third-order valence-electron chi connectivity index (χ3n) is 2.86. The van der Waals surface area contributed by atoms with E-state index in [9.17, 15) is 17.6 Å². The zero-order chi connectivity index (χ0) is 17.7. The normalized spacial score (nSPS) is 10.8. The van der Waals surface area contributed by atoms with E-state index in [1.54, 1.807) is 6.07 Å². The molecule has 0 bridgehead atoms. The molecule has 0 atom stereocenters. The Balaban J connectivity index is 1.93. The van der Waals surface area contributed by atoms with Crippen LogP contribution >= 0.6 is 12.2 Å². The molecule has 0 heterocycles. The molecule has 0 fully saturated rings. The lowest BCUT2D eigenvalue weighted by atomic mass is 10.2. The Kier molecular flexibility index (Phi) is 5.44. The lowest BCUT2D eigenvalue weighted by Gasteiger charge is -2.12. The number of hydrazine groups is 1. The summed E-state index contributed by atoms with van der Waals surface area (Å²) in [6.45, 7) is 0. The van der Waals surface area contributed by atoms with Gasteiger partial charge in [0.2, 0.25) is 10.0 Å². The van der Waals surface area contributed by atoms with Gasteiger partial charge in [-0.2, -0.15) is 0 Å². The van der Waals surface area contributed by atoms with Gasteiger partial charge >= 0.3 is 0 Å². The van der Waals surface area contributed by atoms with Crippen LogP contribution in [0, 0.1) is 5.82 Å². The standard InChI is InChI=1S/C14H13FN4O3S2/c15-11-3-1-2-4-12(11)17-14(23)19-18-13(20)9-5-7-10(8-6-9)24(16,21)22/h1-8H,(H,18,20)(H2,16,21,22)(H2,17,19,23). The maximum absolute atomic E-state index is 13.5. The minimum absolute atomic E-state index is 0.0189. The van der Waals surface area contributed by atoms with E-state index < -0.39 is 21.7 Å². The van der Waals surface area contributed by atoms with Gasteiger partial charge in [0.25, 0.3) is 5.91 Å². The van der Waals surface area contributed by atoms with E-state index in [1.807, 2.05) is 0 Å². The van der Waals surface area contributed by atoms with E-state index in [-0.39, 0.29) is 21.3 Å². The van der Waals surface area contributed by atoms with E-state index in [1.165, 1.54) is 42.5 Å². The number of amides is 1. The molecule has 2 aromatic carbocycles. The van der Waals surface area contributed by atoms with Crippen LogP contribution in [0.3, 0.4) is 0 Å². The fraction of sp³-hybridized carbons (Fsp3) is 0. The number of sulfonamides is 1. The molecule has 2 rings (SSSR count).